The number of methoxy groups -OCH3 is 1. The number of carbonyl (C=O) groups excluding carboxylic acids is 2. The summed E-state index contributed by atoms with van der Waals surface area (Å²) < 4.78 is 10.00. The predicted octanol–water partition coefficient (Wildman–Crippen LogP) is 4.03. The van der Waals surface area contributed by atoms with Crippen molar-refractivity contribution in [2.24, 2.45) is 5.41 Å². The average Bonchev–Trinajstić information content (AvgIpc) is 2.51. The minimum absolute atomic E-state index is 0.117. The quantitative estimate of drug-likeness (QED) is 0.393. The maximum absolute atomic E-state index is 12.6. The summed E-state index contributed by atoms with van der Waals surface area (Å²) in [6.45, 7) is 6.11. The summed E-state index contributed by atoms with van der Waals surface area (Å²) in [5, 5.41) is 0. The van der Waals surface area contributed by atoms with E-state index in [2.05, 4.69) is 0 Å². The number of ether oxygens (including phenoxy) is 2. The molecule has 0 spiro atoms. The molecule has 4 heteroatoms. The van der Waals surface area contributed by atoms with Crippen LogP contribution in [-0.4, -0.2) is 25.5 Å². The standard InChI is InChI=1S/C18H26O4/c1-5-22-16(19)8-6-7-13-18(2,3)17(20)14-9-11-15(21-4)12-10-14/h9-12H,5-8,13H2,1-4H3. The number of hydrogen-bond acceptors (Lipinski definition) is 4. The van der Waals surface area contributed by atoms with E-state index in [4.69, 9.17) is 9.47 Å². The van der Waals surface area contributed by atoms with E-state index >= 15 is 0 Å². The Morgan fingerprint density at radius 2 is 1.73 bits per heavy atom. The molecular formula is C18H26O4. The monoisotopic (exact) mass is 306 g/mol. The minimum Gasteiger partial charge on any atom is -0.497 e. The molecule has 0 aliphatic rings. The van der Waals surface area contributed by atoms with Gasteiger partial charge in [0.1, 0.15) is 5.75 Å². The molecule has 0 saturated carbocycles. The fourth-order valence-electron chi connectivity index (χ4n) is 2.32. The molecule has 0 atom stereocenters. The Kier molecular flexibility index (Phi) is 7.09. The zero-order valence-electron chi connectivity index (χ0n) is 14.0. The lowest BCUT2D eigenvalue weighted by Gasteiger charge is -2.23. The third-order valence-corrected chi connectivity index (χ3v) is 3.70. The molecule has 0 aromatic heterocycles. The topological polar surface area (TPSA) is 52.6 Å². The highest BCUT2D eigenvalue weighted by Crippen LogP contribution is 2.29. The Hall–Kier alpha value is -1.84. The van der Waals surface area contributed by atoms with Gasteiger partial charge in [0, 0.05) is 17.4 Å². The first-order chi connectivity index (χ1) is 10.4. The molecular weight excluding hydrogens is 280 g/mol. The van der Waals surface area contributed by atoms with Gasteiger partial charge in [-0.3, -0.25) is 9.59 Å². The van der Waals surface area contributed by atoms with Gasteiger partial charge in [0.05, 0.1) is 13.7 Å². The van der Waals surface area contributed by atoms with E-state index in [1.165, 1.54) is 0 Å². The van der Waals surface area contributed by atoms with E-state index in [1.54, 1.807) is 38.3 Å². The molecule has 0 fully saturated rings. The summed E-state index contributed by atoms with van der Waals surface area (Å²) in [4.78, 5) is 23.8. The lowest BCUT2D eigenvalue weighted by molar-refractivity contribution is -0.143. The van der Waals surface area contributed by atoms with Crippen LogP contribution in [0.1, 0.15) is 56.8 Å². The molecule has 0 bridgehead atoms. The molecule has 1 rings (SSSR count). The molecule has 0 aliphatic heterocycles. The molecule has 4 nitrogen and oxygen atoms in total. The van der Waals surface area contributed by atoms with Crippen LogP contribution < -0.4 is 4.74 Å². The van der Waals surface area contributed by atoms with Gasteiger partial charge in [-0.15, -0.1) is 0 Å². The lowest BCUT2D eigenvalue weighted by Crippen LogP contribution is -2.24. The number of ketones is 1. The van der Waals surface area contributed by atoms with Crippen molar-refractivity contribution in [3.63, 3.8) is 0 Å². The van der Waals surface area contributed by atoms with Gasteiger partial charge in [0.15, 0.2) is 5.78 Å². The number of hydrogen-bond donors (Lipinski definition) is 0. The van der Waals surface area contributed by atoms with Crippen molar-refractivity contribution in [2.75, 3.05) is 13.7 Å². The van der Waals surface area contributed by atoms with Crippen molar-refractivity contribution in [2.45, 2.75) is 46.5 Å². The first-order valence-electron chi connectivity index (χ1n) is 7.75. The second kappa shape index (κ2) is 8.57. The second-order valence-electron chi connectivity index (χ2n) is 5.95. The van der Waals surface area contributed by atoms with Crippen molar-refractivity contribution < 1.29 is 19.1 Å². The molecule has 22 heavy (non-hydrogen) atoms. The molecule has 0 saturated heterocycles. The van der Waals surface area contributed by atoms with Crippen LogP contribution in [0.4, 0.5) is 0 Å². The molecule has 0 unspecified atom stereocenters. The molecule has 0 amide bonds. The summed E-state index contributed by atoms with van der Waals surface area (Å²) >= 11 is 0. The van der Waals surface area contributed by atoms with Crippen LogP contribution >= 0.6 is 0 Å². The van der Waals surface area contributed by atoms with Crippen LogP contribution in [-0.2, 0) is 9.53 Å². The van der Waals surface area contributed by atoms with Crippen molar-refractivity contribution in [3.8, 4) is 5.75 Å². The van der Waals surface area contributed by atoms with E-state index in [9.17, 15) is 9.59 Å². The predicted molar refractivity (Wildman–Crippen MR) is 86.2 cm³/mol. The minimum atomic E-state index is -0.441. The SMILES string of the molecule is CCOC(=O)CCCCC(C)(C)C(=O)c1ccc(OC)cc1. The van der Waals surface area contributed by atoms with Crippen LogP contribution in [0.5, 0.6) is 5.75 Å². The highest BCUT2D eigenvalue weighted by atomic mass is 16.5. The van der Waals surface area contributed by atoms with Gasteiger partial charge in [0.2, 0.25) is 0 Å². The van der Waals surface area contributed by atoms with E-state index in [-0.39, 0.29) is 11.8 Å². The molecule has 1 aromatic carbocycles. The Balaban J connectivity index is 2.50. The molecule has 1 aromatic rings. The van der Waals surface area contributed by atoms with Crippen molar-refractivity contribution in [3.05, 3.63) is 29.8 Å². The van der Waals surface area contributed by atoms with Crippen LogP contribution in [0.15, 0.2) is 24.3 Å². The number of esters is 1. The fraction of sp³-hybridized carbons (Fsp3) is 0.556. The van der Waals surface area contributed by atoms with Crippen molar-refractivity contribution in [1.29, 1.82) is 0 Å². The van der Waals surface area contributed by atoms with Gasteiger partial charge in [-0.05, 0) is 44.0 Å². The largest absolute Gasteiger partial charge is 0.497 e. The van der Waals surface area contributed by atoms with E-state index < -0.39 is 5.41 Å². The number of unbranched alkanes of at least 4 members (excludes halogenated alkanes) is 1. The van der Waals surface area contributed by atoms with E-state index in [0.29, 0.717) is 18.6 Å². The van der Waals surface area contributed by atoms with Crippen molar-refractivity contribution >= 4 is 11.8 Å². The Morgan fingerprint density at radius 1 is 1.09 bits per heavy atom. The fourth-order valence-corrected chi connectivity index (χ4v) is 2.32. The molecule has 0 radical (unpaired) electrons. The summed E-state index contributed by atoms with van der Waals surface area (Å²) in [5.74, 6) is 0.692. The van der Waals surface area contributed by atoms with Gasteiger partial charge in [-0.1, -0.05) is 20.3 Å². The number of carbonyl (C=O) groups is 2. The molecule has 122 valence electrons. The van der Waals surface area contributed by atoms with Crippen molar-refractivity contribution in [1.82, 2.24) is 0 Å². The van der Waals surface area contributed by atoms with Gasteiger partial charge >= 0.3 is 5.97 Å². The van der Waals surface area contributed by atoms with Gasteiger partial charge in [-0.25, -0.2) is 0 Å². The maximum Gasteiger partial charge on any atom is 0.305 e. The Morgan fingerprint density at radius 3 is 2.27 bits per heavy atom. The number of benzene rings is 1. The zero-order chi connectivity index (χ0) is 16.6. The Bertz CT molecular complexity index is 488. The first-order valence-corrected chi connectivity index (χ1v) is 7.75. The van der Waals surface area contributed by atoms with E-state index in [0.717, 1.165) is 25.0 Å². The summed E-state index contributed by atoms with van der Waals surface area (Å²) in [7, 11) is 1.60. The second-order valence-corrected chi connectivity index (χ2v) is 5.95. The van der Waals surface area contributed by atoms with Gasteiger partial charge in [0.25, 0.3) is 0 Å². The number of Topliss-reactive ketones (excluding diaryl/α,β-unsaturated/α-hetero) is 1. The van der Waals surface area contributed by atoms with Crippen LogP contribution in [0.3, 0.4) is 0 Å². The van der Waals surface area contributed by atoms with Crippen LogP contribution in [0.25, 0.3) is 0 Å². The summed E-state index contributed by atoms with van der Waals surface area (Å²) in [6.07, 6.45) is 2.74. The maximum atomic E-state index is 12.6. The van der Waals surface area contributed by atoms with Gasteiger partial charge < -0.3 is 9.47 Å². The normalized spacial score (nSPS) is 11.1. The molecule has 0 N–H and O–H groups in total. The number of rotatable bonds is 9. The summed E-state index contributed by atoms with van der Waals surface area (Å²) in [5.41, 5.74) is 0.250. The molecule has 0 aliphatic carbocycles. The third kappa shape index (κ3) is 5.51. The Labute approximate surface area is 132 Å². The summed E-state index contributed by atoms with van der Waals surface area (Å²) in [6, 6.07) is 7.18. The lowest BCUT2D eigenvalue weighted by atomic mass is 9.80. The first kappa shape index (κ1) is 18.2. The van der Waals surface area contributed by atoms with Gasteiger partial charge in [-0.2, -0.15) is 0 Å². The van der Waals surface area contributed by atoms with Crippen LogP contribution in [0.2, 0.25) is 0 Å². The van der Waals surface area contributed by atoms with E-state index in [1.807, 2.05) is 13.8 Å². The highest BCUT2D eigenvalue weighted by molar-refractivity contribution is 6.00. The molecule has 0 heterocycles. The van der Waals surface area contributed by atoms with Crippen LogP contribution in [0, 0.1) is 5.41 Å². The smallest absolute Gasteiger partial charge is 0.305 e. The zero-order valence-corrected chi connectivity index (χ0v) is 14.0. The average molecular weight is 306 g/mol. The third-order valence-electron chi connectivity index (χ3n) is 3.70. The highest BCUT2D eigenvalue weighted by Gasteiger charge is 2.28.